The van der Waals surface area contributed by atoms with Crippen molar-refractivity contribution in [2.75, 3.05) is 11.9 Å². The zero-order chi connectivity index (χ0) is 23.2. The number of carbonyl (C=O) groups is 2. The van der Waals surface area contributed by atoms with Gasteiger partial charge in [0.2, 0.25) is 5.88 Å². The molecule has 1 aromatic heterocycles. The average molecular weight is 463 g/mol. The molecule has 0 unspecified atom stereocenters. The molecule has 7 nitrogen and oxygen atoms in total. The second-order valence-corrected chi connectivity index (χ2v) is 7.30. The summed E-state index contributed by atoms with van der Waals surface area (Å²) in [5.74, 6) is -0.155. The molecule has 0 aliphatic carbocycles. The Morgan fingerprint density at radius 1 is 0.970 bits per heavy atom. The molecule has 0 saturated heterocycles. The number of aromatic nitrogens is 1. The Bertz CT molecular complexity index is 1270. The van der Waals surface area contributed by atoms with Gasteiger partial charge in [0.15, 0.2) is 5.56 Å². The van der Waals surface area contributed by atoms with Crippen LogP contribution in [0.1, 0.15) is 27.6 Å². The van der Waals surface area contributed by atoms with Gasteiger partial charge >= 0.3 is 5.97 Å². The third kappa shape index (κ3) is 5.22. The van der Waals surface area contributed by atoms with Crippen LogP contribution in [0.3, 0.4) is 0 Å². The van der Waals surface area contributed by atoms with Gasteiger partial charge in [-0.15, -0.1) is 0 Å². The van der Waals surface area contributed by atoms with E-state index in [1.54, 1.807) is 55.5 Å². The smallest absolute Gasteiger partial charge is 0.346 e. The third-order valence-electron chi connectivity index (χ3n) is 4.59. The van der Waals surface area contributed by atoms with Gasteiger partial charge in [0.25, 0.3) is 5.91 Å². The van der Waals surface area contributed by atoms with Crippen LogP contribution < -0.4 is 10.1 Å². The van der Waals surface area contributed by atoms with E-state index in [0.717, 1.165) is 0 Å². The molecule has 0 atom stereocenters. The van der Waals surface area contributed by atoms with Crippen molar-refractivity contribution in [2.24, 2.45) is 0 Å². The molecule has 8 heteroatoms. The molecule has 0 aliphatic rings. The van der Waals surface area contributed by atoms with E-state index >= 15 is 0 Å². The summed E-state index contributed by atoms with van der Waals surface area (Å²) in [5, 5.41) is 7.12. The summed E-state index contributed by atoms with van der Waals surface area (Å²) in [7, 11) is 0. The molecule has 3 aromatic carbocycles. The fourth-order valence-corrected chi connectivity index (χ4v) is 3.20. The Morgan fingerprint density at radius 3 is 2.42 bits per heavy atom. The van der Waals surface area contributed by atoms with E-state index in [1.807, 2.05) is 30.3 Å². The van der Waals surface area contributed by atoms with Crippen molar-refractivity contribution in [1.82, 2.24) is 5.16 Å². The van der Waals surface area contributed by atoms with Crippen LogP contribution in [0.25, 0.3) is 11.3 Å². The normalized spacial score (nSPS) is 10.5. The molecule has 0 bridgehead atoms. The number of amides is 1. The van der Waals surface area contributed by atoms with Crippen LogP contribution in [-0.2, 0) is 4.74 Å². The summed E-state index contributed by atoms with van der Waals surface area (Å²) >= 11 is 5.95. The van der Waals surface area contributed by atoms with Gasteiger partial charge in [0, 0.05) is 16.1 Å². The first-order valence-electron chi connectivity index (χ1n) is 10.1. The lowest BCUT2D eigenvalue weighted by molar-refractivity contribution is 0.0528. The molecule has 0 aliphatic heterocycles. The van der Waals surface area contributed by atoms with Gasteiger partial charge in [0.1, 0.15) is 17.2 Å². The van der Waals surface area contributed by atoms with Gasteiger partial charge < -0.3 is 14.0 Å². The maximum Gasteiger partial charge on any atom is 0.346 e. The number of ether oxygens (including phenoxy) is 2. The van der Waals surface area contributed by atoms with Crippen LogP contribution in [0.2, 0.25) is 5.02 Å². The Balaban J connectivity index is 1.61. The highest BCUT2D eigenvalue weighted by Gasteiger charge is 2.27. The maximum absolute atomic E-state index is 12.9. The van der Waals surface area contributed by atoms with Gasteiger partial charge in [-0.25, -0.2) is 4.79 Å². The first-order valence-corrected chi connectivity index (χ1v) is 10.5. The number of esters is 1. The molecule has 166 valence electrons. The number of hydrogen-bond donors (Lipinski definition) is 1. The fraction of sp³-hybridized carbons (Fsp3) is 0.0800. The molecular formula is C25H19ClN2O5. The van der Waals surface area contributed by atoms with Crippen molar-refractivity contribution >= 4 is 29.4 Å². The maximum atomic E-state index is 12.9. The van der Waals surface area contributed by atoms with Crippen LogP contribution in [0.4, 0.5) is 5.88 Å². The summed E-state index contributed by atoms with van der Waals surface area (Å²) in [6.07, 6.45) is 0. The van der Waals surface area contributed by atoms with Gasteiger partial charge in [0.05, 0.1) is 6.61 Å². The number of hydrogen-bond acceptors (Lipinski definition) is 6. The zero-order valence-corrected chi connectivity index (χ0v) is 18.3. The highest BCUT2D eigenvalue weighted by atomic mass is 35.5. The lowest BCUT2D eigenvalue weighted by atomic mass is 10.1. The largest absolute Gasteiger partial charge is 0.462 e. The number of benzene rings is 3. The SMILES string of the molecule is CCOC(=O)c1c(-c2ccc(Cl)cc2)noc1NC(=O)c1cccc(Oc2ccccc2)c1. The Morgan fingerprint density at radius 2 is 1.70 bits per heavy atom. The van der Waals surface area contributed by atoms with Crippen molar-refractivity contribution in [3.8, 4) is 22.8 Å². The molecule has 0 saturated carbocycles. The summed E-state index contributed by atoms with van der Waals surface area (Å²) in [4.78, 5) is 25.6. The molecule has 4 rings (SSSR count). The van der Waals surface area contributed by atoms with Crippen LogP contribution in [0.5, 0.6) is 11.5 Å². The quantitative estimate of drug-likeness (QED) is 0.328. The standard InChI is InChI=1S/C25H19ClN2O5/c1-2-31-25(30)21-22(16-11-13-18(26)14-12-16)28-33-24(21)27-23(29)17-7-6-10-20(15-17)32-19-8-4-3-5-9-19/h3-15H,2H2,1H3,(H,27,29). The average Bonchev–Trinajstić information content (AvgIpc) is 3.24. The zero-order valence-electron chi connectivity index (χ0n) is 17.6. The Hall–Kier alpha value is -4.10. The predicted octanol–water partition coefficient (Wildman–Crippen LogP) is 6.22. The lowest BCUT2D eigenvalue weighted by Crippen LogP contribution is -2.15. The molecule has 4 aromatic rings. The summed E-state index contributed by atoms with van der Waals surface area (Å²) < 4.78 is 16.3. The topological polar surface area (TPSA) is 90.7 Å². The van der Waals surface area contributed by atoms with Crippen molar-refractivity contribution < 1.29 is 23.6 Å². The second-order valence-electron chi connectivity index (χ2n) is 6.86. The van der Waals surface area contributed by atoms with Gasteiger partial charge in [-0.2, -0.15) is 0 Å². The van der Waals surface area contributed by atoms with Gasteiger partial charge in [-0.1, -0.05) is 53.2 Å². The van der Waals surface area contributed by atoms with Gasteiger partial charge in [-0.3, -0.25) is 10.1 Å². The van der Waals surface area contributed by atoms with Crippen molar-refractivity contribution in [3.63, 3.8) is 0 Å². The van der Waals surface area contributed by atoms with E-state index in [1.165, 1.54) is 0 Å². The molecule has 0 radical (unpaired) electrons. The second kappa shape index (κ2) is 10.0. The highest BCUT2D eigenvalue weighted by Crippen LogP contribution is 2.31. The van der Waals surface area contributed by atoms with E-state index in [4.69, 9.17) is 25.6 Å². The van der Waals surface area contributed by atoms with Gasteiger partial charge in [-0.05, 0) is 49.4 Å². The van der Waals surface area contributed by atoms with Crippen LogP contribution in [0.15, 0.2) is 83.4 Å². The van der Waals surface area contributed by atoms with Crippen molar-refractivity contribution in [2.45, 2.75) is 6.92 Å². The number of para-hydroxylation sites is 1. The highest BCUT2D eigenvalue weighted by molar-refractivity contribution is 6.30. The number of halogens is 1. The Kier molecular flexibility index (Phi) is 6.71. The summed E-state index contributed by atoms with van der Waals surface area (Å²) in [5.41, 5.74) is 1.15. The van der Waals surface area contributed by atoms with E-state index < -0.39 is 11.9 Å². The fourth-order valence-electron chi connectivity index (χ4n) is 3.07. The van der Waals surface area contributed by atoms with Crippen molar-refractivity contribution in [3.05, 3.63) is 95.0 Å². The number of nitrogens with zero attached hydrogens (tertiary/aromatic N) is 1. The minimum atomic E-state index is -0.667. The van der Waals surface area contributed by atoms with E-state index in [-0.39, 0.29) is 23.7 Å². The Labute approximate surface area is 194 Å². The van der Waals surface area contributed by atoms with E-state index in [0.29, 0.717) is 27.6 Å². The summed E-state index contributed by atoms with van der Waals surface area (Å²) in [6, 6.07) is 22.6. The summed E-state index contributed by atoms with van der Waals surface area (Å²) in [6.45, 7) is 1.83. The number of rotatable bonds is 7. The predicted molar refractivity (Wildman–Crippen MR) is 124 cm³/mol. The molecular weight excluding hydrogens is 444 g/mol. The number of nitrogens with one attached hydrogen (secondary N) is 1. The minimum Gasteiger partial charge on any atom is -0.462 e. The van der Waals surface area contributed by atoms with E-state index in [9.17, 15) is 9.59 Å². The molecule has 1 amide bonds. The van der Waals surface area contributed by atoms with Crippen molar-refractivity contribution in [1.29, 1.82) is 0 Å². The van der Waals surface area contributed by atoms with E-state index in [2.05, 4.69) is 10.5 Å². The minimum absolute atomic E-state index is 0.0178. The molecule has 0 fully saturated rings. The third-order valence-corrected chi connectivity index (χ3v) is 4.84. The first-order chi connectivity index (χ1) is 16.0. The lowest BCUT2D eigenvalue weighted by Gasteiger charge is -2.08. The van der Waals surface area contributed by atoms with Crippen LogP contribution in [0, 0.1) is 0 Å². The van der Waals surface area contributed by atoms with Crippen LogP contribution in [-0.4, -0.2) is 23.6 Å². The molecule has 1 N–H and O–H groups in total. The first kappa shape index (κ1) is 22.1. The number of anilines is 1. The monoisotopic (exact) mass is 462 g/mol. The van der Waals surface area contributed by atoms with Crippen LogP contribution >= 0.6 is 11.6 Å². The number of carbonyl (C=O) groups excluding carboxylic acids is 2. The molecule has 1 heterocycles. The molecule has 0 spiro atoms. The molecule has 33 heavy (non-hydrogen) atoms.